The molecule has 0 bridgehead atoms. The number of hydrogen-bond donors (Lipinski definition) is 2. The molecule has 0 radical (unpaired) electrons. The first-order valence-corrected chi connectivity index (χ1v) is 4.31. The molecule has 0 aromatic heterocycles. The van der Waals surface area contributed by atoms with Gasteiger partial charge >= 0.3 is 0 Å². The highest BCUT2D eigenvalue weighted by Crippen LogP contribution is 2.04. The van der Waals surface area contributed by atoms with Gasteiger partial charge in [-0.3, -0.25) is 4.99 Å². The van der Waals surface area contributed by atoms with E-state index < -0.39 is 0 Å². The van der Waals surface area contributed by atoms with E-state index in [1.807, 2.05) is 25.1 Å². The summed E-state index contributed by atoms with van der Waals surface area (Å²) in [6.07, 6.45) is 0.874. The minimum atomic E-state index is 0. The summed E-state index contributed by atoms with van der Waals surface area (Å²) in [5.74, 6) is 0.156. The number of halogens is 1. The van der Waals surface area contributed by atoms with Gasteiger partial charge in [-0.25, -0.2) is 0 Å². The summed E-state index contributed by atoms with van der Waals surface area (Å²) >= 11 is 0. The molecule has 0 aliphatic heterocycles. The number of guanidine groups is 1. The van der Waals surface area contributed by atoms with Crippen LogP contribution < -0.4 is 11.5 Å². The SMILES string of the molecule is CC(Cc1ccccc1)N=C(N)N.Cl. The maximum absolute atomic E-state index is 5.27. The molecule has 0 spiro atoms. The van der Waals surface area contributed by atoms with Gasteiger partial charge in [0.15, 0.2) is 5.96 Å². The highest BCUT2D eigenvalue weighted by Gasteiger charge is 2.00. The highest BCUT2D eigenvalue weighted by molar-refractivity contribution is 5.85. The van der Waals surface area contributed by atoms with Gasteiger partial charge in [-0.2, -0.15) is 0 Å². The van der Waals surface area contributed by atoms with Crippen molar-refractivity contribution in [2.75, 3.05) is 0 Å². The van der Waals surface area contributed by atoms with E-state index in [4.69, 9.17) is 11.5 Å². The molecular weight excluding hydrogens is 198 g/mol. The van der Waals surface area contributed by atoms with Crippen LogP contribution in [-0.2, 0) is 6.42 Å². The fourth-order valence-electron chi connectivity index (χ4n) is 1.26. The molecule has 0 saturated carbocycles. The Kier molecular flexibility index (Phi) is 5.72. The zero-order valence-corrected chi connectivity index (χ0v) is 9.00. The van der Waals surface area contributed by atoms with Crippen LogP contribution in [0.4, 0.5) is 0 Å². The normalized spacial score (nSPS) is 11.2. The van der Waals surface area contributed by atoms with E-state index in [1.165, 1.54) is 5.56 Å². The van der Waals surface area contributed by atoms with Crippen LogP contribution in [0.25, 0.3) is 0 Å². The molecule has 14 heavy (non-hydrogen) atoms. The van der Waals surface area contributed by atoms with Gasteiger partial charge in [0.25, 0.3) is 0 Å². The quantitative estimate of drug-likeness (QED) is 0.588. The first-order chi connectivity index (χ1) is 6.18. The van der Waals surface area contributed by atoms with Crippen molar-refractivity contribution in [3.05, 3.63) is 35.9 Å². The summed E-state index contributed by atoms with van der Waals surface area (Å²) in [5, 5.41) is 0. The van der Waals surface area contributed by atoms with Crippen molar-refractivity contribution in [1.29, 1.82) is 0 Å². The highest BCUT2D eigenvalue weighted by atomic mass is 35.5. The van der Waals surface area contributed by atoms with Gasteiger partial charge in [-0.15, -0.1) is 12.4 Å². The van der Waals surface area contributed by atoms with Crippen molar-refractivity contribution < 1.29 is 0 Å². The predicted molar refractivity (Wildman–Crippen MR) is 62.7 cm³/mol. The molecule has 1 rings (SSSR count). The average molecular weight is 214 g/mol. The van der Waals surface area contributed by atoms with E-state index in [0.29, 0.717) is 0 Å². The van der Waals surface area contributed by atoms with Gasteiger partial charge in [0, 0.05) is 0 Å². The lowest BCUT2D eigenvalue weighted by molar-refractivity contribution is 0.738. The van der Waals surface area contributed by atoms with Gasteiger partial charge in [0.1, 0.15) is 0 Å². The van der Waals surface area contributed by atoms with Crippen LogP contribution in [0.3, 0.4) is 0 Å². The Bertz CT molecular complexity index is 281. The van der Waals surface area contributed by atoms with E-state index in [-0.39, 0.29) is 24.4 Å². The van der Waals surface area contributed by atoms with Gasteiger partial charge in [0.2, 0.25) is 0 Å². The van der Waals surface area contributed by atoms with Crippen LogP contribution in [0, 0.1) is 0 Å². The first kappa shape index (κ1) is 12.8. The minimum Gasteiger partial charge on any atom is -0.370 e. The first-order valence-electron chi connectivity index (χ1n) is 4.31. The Labute approximate surface area is 90.6 Å². The third-order valence-corrected chi connectivity index (χ3v) is 1.74. The van der Waals surface area contributed by atoms with Crippen LogP contribution in [0.2, 0.25) is 0 Å². The summed E-state index contributed by atoms with van der Waals surface area (Å²) in [6.45, 7) is 1.99. The second kappa shape index (κ2) is 6.27. The van der Waals surface area contributed by atoms with Crippen molar-refractivity contribution in [3.63, 3.8) is 0 Å². The molecule has 0 amide bonds. The topological polar surface area (TPSA) is 64.4 Å². The Morgan fingerprint density at radius 1 is 1.29 bits per heavy atom. The van der Waals surface area contributed by atoms with Gasteiger partial charge in [-0.05, 0) is 18.9 Å². The fourth-order valence-corrected chi connectivity index (χ4v) is 1.26. The number of nitrogens with zero attached hydrogens (tertiary/aromatic N) is 1. The van der Waals surface area contributed by atoms with Gasteiger partial charge in [0.05, 0.1) is 6.04 Å². The molecule has 0 saturated heterocycles. The molecule has 4 heteroatoms. The molecule has 1 aromatic carbocycles. The molecule has 78 valence electrons. The Hall–Kier alpha value is -1.22. The lowest BCUT2D eigenvalue weighted by Crippen LogP contribution is -2.25. The average Bonchev–Trinajstić information content (AvgIpc) is 2.04. The largest absolute Gasteiger partial charge is 0.370 e. The third kappa shape index (κ3) is 4.72. The van der Waals surface area contributed by atoms with E-state index in [0.717, 1.165) is 6.42 Å². The lowest BCUT2D eigenvalue weighted by atomic mass is 10.1. The zero-order chi connectivity index (χ0) is 9.68. The van der Waals surface area contributed by atoms with Crippen LogP contribution in [0.15, 0.2) is 35.3 Å². The van der Waals surface area contributed by atoms with E-state index in [1.54, 1.807) is 0 Å². The molecule has 0 aliphatic rings. The molecule has 4 N–H and O–H groups in total. The molecule has 1 unspecified atom stereocenters. The lowest BCUT2D eigenvalue weighted by Gasteiger charge is -2.05. The summed E-state index contributed by atoms with van der Waals surface area (Å²) in [5.41, 5.74) is 11.8. The summed E-state index contributed by atoms with van der Waals surface area (Å²) in [7, 11) is 0. The van der Waals surface area contributed by atoms with Crippen molar-refractivity contribution in [3.8, 4) is 0 Å². The summed E-state index contributed by atoms with van der Waals surface area (Å²) < 4.78 is 0. The number of rotatable bonds is 3. The maximum Gasteiger partial charge on any atom is 0.186 e. The van der Waals surface area contributed by atoms with Crippen molar-refractivity contribution >= 4 is 18.4 Å². The minimum absolute atomic E-state index is 0. The Morgan fingerprint density at radius 2 is 1.86 bits per heavy atom. The van der Waals surface area contributed by atoms with Crippen LogP contribution in [0.5, 0.6) is 0 Å². The standard InChI is InChI=1S/C10H15N3.ClH/c1-8(13-10(11)12)7-9-5-3-2-4-6-9;/h2-6,8H,7H2,1H3,(H4,11,12,13);1H. The predicted octanol–water partition coefficient (Wildman–Crippen LogP) is 1.31. The molecule has 0 aliphatic carbocycles. The summed E-state index contributed by atoms with van der Waals surface area (Å²) in [4.78, 5) is 4.04. The molecule has 0 heterocycles. The van der Waals surface area contributed by atoms with Crippen molar-refractivity contribution in [2.24, 2.45) is 16.5 Å². The summed E-state index contributed by atoms with van der Waals surface area (Å²) in [6, 6.07) is 10.3. The zero-order valence-electron chi connectivity index (χ0n) is 8.18. The van der Waals surface area contributed by atoms with E-state index in [2.05, 4.69) is 17.1 Å². The molecule has 1 aromatic rings. The number of benzene rings is 1. The van der Waals surface area contributed by atoms with Crippen LogP contribution in [0.1, 0.15) is 12.5 Å². The number of nitrogens with two attached hydrogens (primary N) is 2. The molecular formula is C10H16ClN3. The molecule has 3 nitrogen and oxygen atoms in total. The molecule has 0 fully saturated rings. The monoisotopic (exact) mass is 213 g/mol. The van der Waals surface area contributed by atoms with E-state index >= 15 is 0 Å². The van der Waals surface area contributed by atoms with Gasteiger partial charge in [-0.1, -0.05) is 30.3 Å². The van der Waals surface area contributed by atoms with Crippen LogP contribution in [-0.4, -0.2) is 12.0 Å². The van der Waals surface area contributed by atoms with Crippen molar-refractivity contribution in [1.82, 2.24) is 0 Å². The Balaban J connectivity index is 0.00000169. The smallest absolute Gasteiger partial charge is 0.186 e. The maximum atomic E-state index is 5.27. The number of aliphatic imine (C=N–C) groups is 1. The number of hydrogen-bond acceptors (Lipinski definition) is 1. The third-order valence-electron chi connectivity index (χ3n) is 1.74. The van der Waals surface area contributed by atoms with Crippen molar-refractivity contribution in [2.45, 2.75) is 19.4 Å². The van der Waals surface area contributed by atoms with E-state index in [9.17, 15) is 0 Å². The van der Waals surface area contributed by atoms with Crippen LogP contribution >= 0.6 is 12.4 Å². The second-order valence-corrected chi connectivity index (χ2v) is 3.09. The second-order valence-electron chi connectivity index (χ2n) is 3.09. The fraction of sp³-hybridized carbons (Fsp3) is 0.300. The van der Waals surface area contributed by atoms with Gasteiger partial charge < -0.3 is 11.5 Å². The Morgan fingerprint density at radius 3 is 2.36 bits per heavy atom. The molecule has 1 atom stereocenters.